The summed E-state index contributed by atoms with van der Waals surface area (Å²) in [5, 5.41) is 12.9. The Morgan fingerprint density at radius 3 is 2.85 bits per heavy atom. The highest BCUT2D eigenvalue weighted by Crippen LogP contribution is 2.09. The van der Waals surface area contributed by atoms with Crippen molar-refractivity contribution >= 4 is 6.09 Å². The van der Waals surface area contributed by atoms with Gasteiger partial charge in [0.15, 0.2) is 0 Å². The van der Waals surface area contributed by atoms with Crippen molar-refractivity contribution in [1.82, 2.24) is 10.3 Å². The second-order valence-corrected chi connectivity index (χ2v) is 5.81. The van der Waals surface area contributed by atoms with Gasteiger partial charge in [0, 0.05) is 19.0 Å². The van der Waals surface area contributed by atoms with E-state index in [1.165, 1.54) is 0 Å². The van der Waals surface area contributed by atoms with Crippen molar-refractivity contribution in [2.45, 2.75) is 58.7 Å². The van der Waals surface area contributed by atoms with E-state index in [1.807, 2.05) is 34.6 Å². The molecule has 1 aliphatic heterocycles. The summed E-state index contributed by atoms with van der Waals surface area (Å²) >= 11 is 0. The van der Waals surface area contributed by atoms with Crippen LogP contribution in [-0.2, 0) is 4.74 Å². The Hall–Kier alpha value is -1.77. The second kappa shape index (κ2) is 7.13. The zero-order valence-electron chi connectivity index (χ0n) is 12.9. The Bertz CT molecular complexity index is 417. The van der Waals surface area contributed by atoms with Crippen LogP contribution in [-0.4, -0.2) is 41.9 Å². The molecule has 0 bridgehead atoms. The van der Waals surface area contributed by atoms with Crippen molar-refractivity contribution in [3.63, 3.8) is 0 Å². The molecule has 1 heterocycles. The van der Waals surface area contributed by atoms with E-state index in [1.54, 1.807) is 5.01 Å². The SMILES string of the molecule is CCN1CC#CC(CC(C)NC(=O)OC(C)(C)C)N=N1. The number of amides is 1. The van der Waals surface area contributed by atoms with E-state index in [0.717, 1.165) is 6.54 Å². The third-order valence-electron chi connectivity index (χ3n) is 2.55. The first kappa shape index (κ1) is 16.3. The van der Waals surface area contributed by atoms with Gasteiger partial charge in [-0.2, -0.15) is 5.11 Å². The maximum atomic E-state index is 11.6. The molecule has 0 saturated heterocycles. The summed E-state index contributed by atoms with van der Waals surface area (Å²) in [5.74, 6) is 6.09. The van der Waals surface area contributed by atoms with Gasteiger partial charge in [-0.15, -0.1) is 0 Å². The maximum Gasteiger partial charge on any atom is 0.407 e. The molecule has 1 amide bonds. The number of ether oxygens (including phenoxy) is 1. The molecule has 0 aromatic rings. The fourth-order valence-corrected chi connectivity index (χ4v) is 1.63. The van der Waals surface area contributed by atoms with Gasteiger partial charge >= 0.3 is 6.09 Å². The molecule has 1 N–H and O–H groups in total. The Labute approximate surface area is 120 Å². The molecular formula is C14H24N4O2. The van der Waals surface area contributed by atoms with Gasteiger partial charge in [-0.3, -0.25) is 5.01 Å². The minimum absolute atomic E-state index is 0.0729. The summed E-state index contributed by atoms with van der Waals surface area (Å²) in [6.07, 6.45) is 0.200. The maximum absolute atomic E-state index is 11.6. The molecule has 6 heteroatoms. The van der Waals surface area contributed by atoms with E-state index in [9.17, 15) is 4.79 Å². The molecule has 2 unspecified atom stereocenters. The Balaban J connectivity index is 2.44. The minimum atomic E-state index is -0.493. The van der Waals surface area contributed by atoms with Crippen LogP contribution in [0.15, 0.2) is 10.3 Å². The van der Waals surface area contributed by atoms with E-state index >= 15 is 0 Å². The minimum Gasteiger partial charge on any atom is -0.444 e. The third-order valence-corrected chi connectivity index (χ3v) is 2.55. The molecule has 20 heavy (non-hydrogen) atoms. The molecule has 0 aromatic carbocycles. The number of hydrogen-bond acceptors (Lipinski definition) is 5. The molecule has 0 saturated carbocycles. The smallest absolute Gasteiger partial charge is 0.407 e. The molecule has 112 valence electrons. The molecule has 0 radical (unpaired) electrons. The van der Waals surface area contributed by atoms with Crippen molar-refractivity contribution in [2.75, 3.05) is 13.1 Å². The fourth-order valence-electron chi connectivity index (χ4n) is 1.63. The van der Waals surface area contributed by atoms with Gasteiger partial charge in [-0.05, 0) is 34.6 Å². The molecule has 0 aromatic heterocycles. The Kier molecular flexibility index (Phi) is 5.81. The highest BCUT2D eigenvalue weighted by atomic mass is 16.6. The lowest BCUT2D eigenvalue weighted by Crippen LogP contribution is -2.38. The monoisotopic (exact) mass is 280 g/mol. The molecule has 6 nitrogen and oxygen atoms in total. The van der Waals surface area contributed by atoms with E-state index in [4.69, 9.17) is 4.74 Å². The third kappa shape index (κ3) is 6.41. The second-order valence-electron chi connectivity index (χ2n) is 5.81. The number of hydrogen-bond donors (Lipinski definition) is 1. The van der Waals surface area contributed by atoms with Crippen molar-refractivity contribution < 1.29 is 9.53 Å². The van der Waals surface area contributed by atoms with Crippen molar-refractivity contribution in [2.24, 2.45) is 10.3 Å². The first-order valence-corrected chi connectivity index (χ1v) is 6.93. The summed E-state index contributed by atoms with van der Waals surface area (Å²) < 4.78 is 5.21. The molecular weight excluding hydrogens is 256 g/mol. The highest BCUT2D eigenvalue weighted by molar-refractivity contribution is 5.68. The quantitative estimate of drug-likeness (QED) is 0.804. The lowest BCUT2D eigenvalue weighted by molar-refractivity contribution is 0.0506. The molecule has 0 spiro atoms. The van der Waals surface area contributed by atoms with Crippen LogP contribution in [0.2, 0.25) is 0 Å². The van der Waals surface area contributed by atoms with Crippen LogP contribution < -0.4 is 5.32 Å². The lowest BCUT2D eigenvalue weighted by atomic mass is 10.1. The van der Waals surface area contributed by atoms with Crippen LogP contribution >= 0.6 is 0 Å². The highest BCUT2D eigenvalue weighted by Gasteiger charge is 2.19. The van der Waals surface area contributed by atoms with Gasteiger partial charge < -0.3 is 10.1 Å². The topological polar surface area (TPSA) is 66.3 Å². The number of nitrogens with zero attached hydrogens (tertiary/aromatic N) is 3. The van der Waals surface area contributed by atoms with Gasteiger partial charge in [0.05, 0.1) is 6.54 Å². The van der Waals surface area contributed by atoms with Crippen LogP contribution in [0.3, 0.4) is 0 Å². The summed E-state index contributed by atoms with van der Waals surface area (Å²) in [7, 11) is 0. The first-order chi connectivity index (χ1) is 9.30. The van der Waals surface area contributed by atoms with Crippen LogP contribution in [0.25, 0.3) is 0 Å². The largest absolute Gasteiger partial charge is 0.444 e. The number of carbonyl (C=O) groups is 1. The van der Waals surface area contributed by atoms with Gasteiger partial charge in [0.25, 0.3) is 0 Å². The Morgan fingerprint density at radius 2 is 2.25 bits per heavy atom. The van der Waals surface area contributed by atoms with Crippen LogP contribution in [0.4, 0.5) is 4.79 Å². The van der Waals surface area contributed by atoms with E-state index < -0.39 is 11.7 Å². The van der Waals surface area contributed by atoms with E-state index in [2.05, 4.69) is 27.5 Å². The molecule has 1 rings (SSSR count). The number of alkyl carbamates (subject to hydrolysis) is 1. The number of nitrogens with one attached hydrogen (secondary N) is 1. The molecule has 0 fully saturated rings. The zero-order valence-corrected chi connectivity index (χ0v) is 12.9. The predicted octanol–water partition coefficient (Wildman–Crippen LogP) is 2.36. The number of carbonyl (C=O) groups excluding carboxylic acids is 1. The van der Waals surface area contributed by atoms with Gasteiger partial charge in [0.2, 0.25) is 0 Å². The Morgan fingerprint density at radius 1 is 1.55 bits per heavy atom. The van der Waals surface area contributed by atoms with Crippen LogP contribution in [0, 0.1) is 11.8 Å². The lowest BCUT2D eigenvalue weighted by Gasteiger charge is -2.22. The normalized spacial score (nSPS) is 19.6. The van der Waals surface area contributed by atoms with Crippen molar-refractivity contribution in [3.8, 4) is 11.8 Å². The standard InChI is InChI=1S/C14H24N4O2/c1-6-18-9-7-8-12(16-17-18)10-11(2)15-13(19)20-14(3,4)5/h11-12H,6,9-10H2,1-5H3,(H,15,19). The summed E-state index contributed by atoms with van der Waals surface area (Å²) in [6.45, 7) is 10.8. The van der Waals surface area contributed by atoms with Crippen LogP contribution in [0.1, 0.15) is 41.0 Å². The van der Waals surface area contributed by atoms with E-state index in [-0.39, 0.29) is 12.1 Å². The average molecular weight is 280 g/mol. The van der Waals surface area contributed by atoms with Gasteiger partial charge in [-0.25, -0.2) is 4.79 Å². The fraction of sp³-hybridized carbons (Fsp3) is 0.786. The molecule has 2 atom stereocenters. The van der Waals surface area contributed by atoms with Gasteiger partial charge in [0.1, 0.15) is 11.6 Å². The predicted molar refractivity (Wildman–Crippen MR) is 77.1 cm³/mol. The van der Waals surface area contributed by atoms with Crippen molar-refractivity contribution in [1.29, 1.82) is 0 Å². The summed E-state index contributed by atoms with van der Waals surface area (Å²) in [5.41, 5.74) is -0.493. The molecule has 0 aliphatic carbocycles. The molecule has 1 aliphatic rings. The zero-order chi connectivity index (χ0) is 15.2. The summed E-state index contributed by atoms with van der Waals surface area (Å²) in [4.78, 5) is 11.6. The van der Waals surface area contributed by atoms with Crippen LogP contribution in [0.5, 0.6) is 0 Å². The van der Waals surface area contributed by atoms with E-state index in [0.29, 0.717) is 13.0 Å². The van der Waals surface area contributed by atoms with Gasteiger partial charge in [-0.1, -0.05) is 17.1 Å². The first-order valence-electron chi connectivity index (χ1n) is 6.93. The summed E-state index contributed by atoms with van der Waals surface area (Å²) in [6, 6.07) is -0.257. The average Bonchev–Trinajstić information content (AvgIpc) is 2.51. The number of rotatable bonds is 4. The van der Waals surface area contributed by atoms with Crippen molar-refractivity contribution in [3.05, 3.63) is 0 Å².